The zero-order chi connectivity index (χ0) is 16.0. The van der Waals surface area contributed by atoms with Gasteiger partial charge < -0.3 is 15.8 Å². The number of hydrogen-bond acceptors (Lipinski definition) is 4. The second-order valence-electron chi connectivity index (χ2n) is 5.65. The Balaban J connectivity index is 2.55. The second kappa shape index (κ2) is 7.67. The monoisotopic (exact) mass is 292 g/mol. The van der Waals surface area contributed by atoms with Crippen LogP contribution < -0.4 is 11.1 Å². The van der Waals surface area contributed by atoms with Crippen molar-refractivity contribution in [1.29, 1.82) is 0 Å². The van der Waals surface area contributed by atoms with E-state index >= 15 is 0 Å². The molecule has 0 aromatic heterocycles. The lowest BCUT2D eigenvalue weighted by Crippen LogP contribution is -2.36. The molecule has 1 aromatic carbocycles. The molecule has 116 valence electrons. The van der Waals surface area contributed by atoms with Crippen molar-refractivity contribution in [3.05, 3.63) is 29.3 Å². The number of amides is 1. The molecular formula is C16H24N2O3. The first kappa shape index (κ1) is 17.0. The first-order chi connectivity index (χ1) is 9.79. The van der Waals surface area contributed by atoms with Crippen LogP contribution in [-0.4, -0.2) is 24.5 Å². The summed E-state index contributed by atoms with van der Waals surface area (Å²) in [6.45, 7) is 8.14. The summed E-state index contributed by atoms with van der Waals surface area (Å²) in [4.78, 5) is 23.8. The molecule has 1 unspecified atom stereocenters. The van der Waals surface area contributed by atoms with E-state index in [9.17, 15) is 9.59 Å². The number of nitrogen functional groups attached to an aromatic ring is 1. The molecule has 1 aromatic rings. The Hall–Kier alpha value is -2.04. The van der Waals surface area contributed by atoms with Crippen molar-refractivity contribution in [2.24, 2.45) is 5.92 Å². The minimum Gasteiger partial charge on any atom is -0.449 e. The topological polar surface area (TPSA) is 81.4 Å². The van der Waals surface area contributed by atoms with Crippen molar-refractivity contribution >= 4 is 17.6 Å². The number of anilines is 1. The molecule has 3 N–H and O–H groups in total. The summed E-state index contributed by atoms with van der Waals surface area (Å²) in [7, 11) is 0. The lowest BCUT2D eigenvalue weighted by Gasteiger charge is -2.14. The first-order valence-electron chi connectivity index (χ1n) is 7.15. The van der Waals surface area contributed by atoms with Crippen LogP contribution in [0.2, 0.25) is 0 Å². The van der Waals surface area contributed by atoms with Crippen molar-refractivity contribution in [2.75, 3.05) is 12.3 Å². The fraction of sp³-hybridized carbons (Fsp3) is 0.500. The molecule has 0 spiro atoms. The zero-order valence-corrected chi connectivity index (χ0v) is 13.1. The SMILES string of the molecule is Cc1cc(N)cc(C(=O)OC(C)C(=O)NCCC(C)C)c1. The molecule has 0 fully saturated rings. The Morgan fingerprint density at radius 2 is 1.90 bits per heavy atom. The summed E-state index contributed by atoms with van der Waals surface area (Å²) in [5.74, 6) is -0.319. The molecular weight excluding hydrogens is 268 g/mol. The summed E-state index contributed by atoms with van der Waals surface area (Å²) in [6, 6.07) is 4.99. The van der Waals surface area contributed by atoms with Gasteiger partial charge in [0.15, 0.2) is 6.10 Å². The second-order valence-corrected chi connectivity index (χ2v) is 5.65. The predicted molar refractivity (Wildman–Crippen MR) is 82.9 cm³/mol. The van der Waals surface area contributed by atoms with E-state index in [2.05, 4.69) is 19.2 Å². The van der Waals surface area contributed by atoms with E-state index in [-0.39, 0.29) is 5.91 Å². The zero-order valence-electron chi connectivity index (χ0n) is 13.1. The highest BCUT2D eigenvalue weighted by Gasteiger charge is 2.19. The number of hydrogen-bond donors (Lipinski definition) is 2. The van der Waals surface area contributed by atoms with Gasteiger partial charge in [0.2, 0.25) is 0 Å². The van der Waals surface area contributed by atoms with E-state index in [1.807, 2.05) is 6.92 Å². The maximum atomic E-state index is 12.0. The summed E-state index contributed by atoms with van der Waals surface area (Å²) in [5.41, 5.74) is 7.42. The van der Waals surface area contributed by atoms with Crippen LogP contribution in [0.15, 0.2) is 18.2 Å². The van der Waals surface area contributed by atoms with Crippen LogP contribution in [0.1, 0.15) is 43.1 Å². The maximum Gasteiger partial charge on any atom is 0.338 e. The van der Waals surface area contributed by atoms with Crippen LogP contribution in [-0.2, 0) is 9.53 Å². The predicted octanol–water partition coefficient (Wildman–Crippen LogP) is 2.28. The Labute approximate surface area is 125 Å². The molecule has 5 nitrogen and oxygen atoms in total. The van der Waals surface area contributed by atoms with Crippen molar-refractivity contribution in [1.82, 2.24) is 5.32 Å². The Morgan fingerprint density at radius 1 is 1.24 bits per heavy atom. The molecule has 0 aliphatic rings. The van der Waals surface area contributed by atoms with Gasteiger partial charge in [-0.1, -0.05) is 13.8 Å². The molecule has 0 bridgehead atoms. The molecule has 0 heterocycles. The van der Waals surface area contributed by atoms with E-state index in [0.29, 0.717) is 23.7 Å². The first-order valence-corrected chi connectivity index (χ1v) is 7.15. The number of esters is 1. The molecule has 1 atom stereocenters. The van der Waals surface area contributed by atoms with Crippen LogP contribution in [0.3, 0.4) is 0 Å². The molecule has 21 heavy (non-hydrogen) atoms. The number of carbonyl (C=O) groups excluding carboxylic acids is 2. The van der Waals surface area contributed by atoms with Gasteiger partial charge in [-0.05, 0) is 49.9 Å². The van der Waals surface area contributed by atoms with Crippen LogP contribution in [0, 0.1) is 12.8 Å². The lowest BCUT2D eigenvalue weighted by molar-refractivity contribution is -0.129. The number of ether oxygens (including phenoxy) is 1. The average molecular weight is 292 g/mol. The van der Waals surface area contributed by atoms with Gasteiger partial charge >= 0.3 is 5.97 Å². The highest BCUT2D eigenvalue weighted by molar-refractivity contribution is 5.93. The Bertz CT molecular complexity index is 492. The molecule has 0 saturated carbocycles. The van der Waals surface area contributed by atoms with Crippen LogP contribution in [0.4, 0.5) is 5.69 Å². The van der Waals surface area contributed by atoms with Gasteiger partial charge in [0.25, 0.3) is 5.91 Å². The minimum atomic E-state index is -0.827. The van der Waals surface area contributed by atoms with Crippen molar-refractivity contribution in [2.45, 2.75) is 40.2 Å². The number of carbonyl (C=O) groups is 2. The standard InChI is InChI=1S/C16H24N2O3/c1-10(2)5-6-18-15(19)12(4)21-16(20)13-7-11(3)8-14(17)9-13/h7-10,12H,5-6,17H2,1-4H3,(H,18,19). The fourth-order valence-electron chi connectivity index (χ4n) is 1.84. The molecule has 0 radical (unpaired) electrons. The van der Waals surface area contributed by atoms with Gasteiger partial charge in [-0.25, -0.2) is 4.79 Å². The number of benzene rings is 1. The number of nitrogens with two attached hydrogens (primary N) is 1. The lowest BCUT2D eigenvalue weighted by atomic mass is 10.1. The van der Waals surface area contributed by atoms with E-state index in [4.69, 9.17) is 10.5 Å². The van der Waals surface area contributed by atoms with E-state index in [1.54, 1.807) is 25.1 Å². The van der Waals surface area contributed by atoms with Crippen molar-refractivity contribution < 1.29 is 14.3 Å². The number of aryl methyl sites for hydroxylation is 1. The van der Waals surface area contributed by atoms with Crippen LogP contribution in [0.5, 0.6) is 0 Å². The van der Waals surface area contributed by atoms with Crippen LogP contribution >= 0.6 is 0 Å². The molecule has 1 amide bonds. The Morgan fingerprint density at radius 3 is 2.48 bits per heavy atom. The summed E-state index contributed by atoms with van der Waals surface area (Å²) in [5, 5.41) is 2.75. The normalized spacial score (nSPS) is 12.0. The largest absolute Gasteiger partial charge is 0.449 e. The van der Waals surface area contributed by atoms with E-state index in [1.165, 1.54) is 0 Å². The average Bonchev–Trinajstić information content (AvgIpc) is 2.36. The molecule has 0 aliphatic heterocycles. The quantitative estimate of drug-likeness (QED) is 0.622. The van der Waals surface area contributed by atoms with Gasteiger partial charge in [0, 0.05) is 12.2 Å². The number of rotatable bonds is 6. The molecule has 0 aliphatic carbocycles. The highest BCUT2D eigenvalue weighted by Crippen LogP contribution is 2.13. The van der Waals surface area contributed by atoms with Gasteiger partial charge in [0.1, 0.15) is 0 Å². The van der Waals surface area contributed by atoms with Gasteiger partial charge in [-0.15, -0.1) is 0 Å². The van der Waals surface area contributed by atoms with Gasteiger partial charge in [-0.2, -0.15) is 0 Å². The van der Waals surface area contributed by atoms with Gasteiger partial charge in [0.05, 0.1) is 5.56 Å². The highest BCUT2D eigenvalue weighted by atomic mass is 16.5. The van der Waals surface area contributed by atoms with Crippen molar-refractivity contribution in [3.63, 3.8) is 0 Å². The van der Waals surface area contributed by atoms with Gasteiger partial charge in [-0.3, -0.25) is 4.79 Å². The van der Waals surface area contributed by atoms with Crippen molar-refractivity contribution in [3.8, 4) is 0 Å². The smallest absolute Gasteiger partial charge is 0.338 e. The molecule has 0 saturated heterocycles. The third kappa shape index (κ3) is 5.85. The minimum absolute atomic E-state index is 0.287. The van der Waals surface area contributed by atoms with E-state index < -0.39 is 12.1 Å². The Kier molecular flexibility index (Phi) is 6.21. The fourth-order valence-corrected chi connectivity index (χ4v) is 1.84. The maximum absolute atomic E-state index is 12.0. The van der Waals surface area contributed by atoms with Crippen LogP contribution in [0.25, 0.3) is 0 Å². The third-order valence-electron chi connectivity index (χ3n) is 3.01. The number of nitrogens with one attached hydrogen (secondary N) is 1. The molecule has 1 rings (SSSR count). The van der Waals surface area contributed by atoms with E-state index in [0.717, 1.165) is 12.0 Å². The summed E-state index contributed by atoms with van der Waals surface area (Å²) in [6.07, 6.45) is 0.0623. The molecule has 5 heteroatoms. The third-order valence-corrected chi connectivity index (χ3v) is 3.01. The summed E-state index contributed by atoms with van der Waals surface area (Å²) < 4.78 is 5.16. The summed E-state index contributed by atoms with van der Waals surface area (Å²) >= 11 is 0.